The van der Waals surface area contributed by atoms with Crippen LogP contribution >= 0.6 is 12.2 Å². The van der Waals surface area contributed by atoms with Crippen molar-refractivity contribution < 1.29 is 4.79 Å². The summed E-state index contributed by atoms with van der Waals surface area (Å²) in [5.74, 6) is 0. The number of fused-ring (bicyclic) bond motifs is 1. The predicted octanol–water partition coefficient (Wildman–Crippen LogP) is 3.03. The zero-order chi connectivity index (χ0) is 14.5. The second kappa shape index (κ2) is 6.34. The fraction of sp³-hybridized carbons (Fsp3) is 0.200. The first kappa shape index (κ1) is 14.3. The largest absolute Gasteiger partial charge is 0.393 e. The van der Waals surface area contributed by atoms with Crippen molar-refractivity contribution in [1.29, 1.82) is 0 Å². The van der Waals surface area contributed by atoms with Crippen LogP contribution in [0.25, 0.3) is 10.8 Å². The molecule has 0 aliphatic carbocycles. The van der Waals surface area contributed by atoms with Gasteiger partial charge in [0, 0.05) is 17.8 Å². The number of benzene rings is 2. The van der Waals surface area contributed by atoms with Crippen LogP contribution in [0.2, 0.25) is 0 Å². The van der Waals surface area contributed by atoms with Gasteiger partial charge >= 0.3 is 6.03 Å². The Balaban J connectivity index is 2.08. The van der Waals surface area contributed by atoms with E-state index in [9.17, 15) is 4.79 Å². The van der Waals surface area contributed by atoms with Gasteiger partial charge in [-0.25, -0.2) is 4.79 Å². The molecule has 2 amide bonds. The Morgan fingerprint density at radius 1 is 1.25 bits per heavy atom. The Hall–Kier alpha value is -2.14. The summed E-state index contributed by atoms with van der Waals surface area (Å²) in [4.78, 5) is 12.3. The average Bonchev–Trinajstić information content (AvgIpc) is 2.38. The number of nitrogens with one attached hydrogen (secondary N) is 2. The lowest BCUT2D eigenvalue weighted by atomic mass is 10.1. The van der Waals surface area contributed by atoms with Crippen molar-refractivity contribution in [2.24, 2.45) is 5.73 Å². The normalized spacial score (nSPS) is 11.8. The van der Waals surface area contributed by atoms with Crippen molar-refractivity contribution in [2.45, 2.75) is 19.4 Å². The van der Waals surface area contributed by atoms with Crippen molar-refractivity contribution in [1.82, 2.24) is 5.32 Å². The molecule has 1 unspecified atom stereocenters. The van der Waals surface area contributed by atoms with Gasteiger partial charge in [0.1, 0.15) is 0 Å². The topological polar surface area (TPSA) is 67.1 Å². The van der Waals surface area contributed by atoms with E-state index in [2.05, 4.69) is 10.6 Å². The molecule has 2 aromatic rings. The van der Waals surface area contributed by atoms with E-state index in [1.807, 2.05) is 49.4 Å². The Morgan fingerprint density at radius 3 is 2.70 bits per heavy atom. The molecule has 2 rings (SSSR count). The molecule has 5 heteroatoms. The van der Waals surface area contributed by atoms with Gasteiger partial charge in [-0.2, -0.15) is 0 Å². The zero-order valence-electron chi connectivity index (χ0n) is 11.2. The standard InChI is InChI=1S/C15H17N3OS/c1-10(9-14(16)20)17-15(19)18-13-8-4-6-11-5-2-3-7-12(11)13/h2-8,10H,9H2,1H3,(H2,16,20)(H2,17,18,19). The second-order valence-corrected chi connectivity index (χ2v) is 5.22. The number of amides is 2. The fourth-order valence-electron chi connectivity index (χ4n) is 2.07. The molecule has 1 atom stereocenters. The van der Waals surface area contributed by atoms with Crippen molar-refractivity contribution in [3.05, 3.63) is 42.5 Å². The summed E-state index contributed by atoms with van der Waals surface area (Å²) >= 11 is 4.82. The van der Waals surface area contributed by atoms with E-state index in [0.717, 1.165) is 16.5 Å². The van der Waals surface area contributed by atoms with Crippen LogP contribution in [0, 0.1) is 0 Å². The molecule has 20 heavy (non-hydrogen) atoms. The molecule has 104 valence electrons. The van der Waals surface area contributed by atoms with E-state index in [1.54, 1.807) is 0 Å². The number of hydrogen-bond donors (Lipinski definition) is 3. The van der Waals surface area contributed by atoms with Gasteiger partial charge in [0.05, 0.1) is 10.7 Å². The number of rotatable bonds is 4. The molecule has 0 saturated carbocycles. The number of urea groups is 1. The predicted molar refractivity (Wildman–Crippen MR) is 87.0 cm³/mol. The maximum Gasteiger partial charge on any atom is 0.319 e. The molecule has 0 bridgehead atoms. The summed E-state index contributed by atoms with van der Waals surface area (Å²) in [5, 5.41) is 7.75. The zero-order valence-corrected chi connectivity index (χ0v) is 12.0. The van der Waals surface area contributed by atoms with Crippen molar-refractivity contribution in [3.63, 3.8) is 0 Å². The van der Waals surface area contributed by atoms with Crippen LogP contribution in [0.5, 0.6) is 0 Å². The van der Waals surface area contributed by atoms with Gasteiger partial charge in [0.2, 0.25) is 0 Å². The molecule has 0 heterocycles. The lowest BCUT2D eigenvalue weighted by Crippen LogP contribution is -2.38. The van der Waals surface area contributed by atoms with Crippen LogP contribution in [-0.2, 0) is 0 Å². The first-order valence-electron chi connectivity index (χ1n) is 6.40. The molecule has 4 N–H and O–H groups in total. The van der Waals surface area contributed by atoms with Gasteiger partial charge in [0.15, 0.2) is 0 Å². The van der Waals surface area contributed by atoms with Gasteiger partial charge in [-0.3, -0.25) is 0 Å². The molecule has 0 aromatic heterocycles. The first-order chi connectivity index (χ1) is 9.56. The number of anilines is 1. The van der Waals surface area contributed by atoms with E-state index in [0.29, 0.717) is 11.4 Å². The van der Waals surface area contributed by atoms with Crippen molar-refractivity contribution in [2.75, 3.05) is 5.32 Å². The Morgan fingerprint density at radius 2 is 1.95 bits per heavy atom. The highest BCUT2D eigenvalue weighted by Gasteiger charge is 2.09. The molecule has 0 aliphatic rings. The third-order valence-electron chi connectivity index (χ3n) is 2.92. The molecule has 2 aromatic carbocycles. The van der Waals surface area contributed by atoms with Gasteiger partial charge in [-0.15, -0.1) is 0 Å². The number of carbonyl (C=O) groups excluding carboxylic acids is 1. The summed E-state index contributed by atoms with van der Waals surface area (Å²) in [6.45, 7) is 1.86. The third-order valence-corrected chi connectivity index (χ3v) is 3.09. The minimum Gasteiger partial charge on any atom is -0.393 e. The third kappa shape index (κ3) is 3.68. The summed E-state index contributed by atoms with van der Waals surface area (Å²) in [7, 11) is 0. The van der Waals surface area contributed by atoms with Crippen molar-refractivity contribution >= 4 is 39.7 Å². The monoisotopic (exact) mass is 287 g/mol. The van der Waals surface area contributed by atoms with E-state index in [-0.39, 0.29) is 12.1 Å². The quantitative estimate of drug-likeness (QED) is 0.757. The van der Waals surface area contributed by atoms with Gasteiger partial charge < -0.3 is 16.4 Å². The Kier molecular flexibility index (Phi) is 4.53. The van der Waals surface area contributed by atoms with Crippen LogP contribution in [-0.4, -0.2) is 17.1 Å². The van der Waals surface area contributed by atoms with E-state index in [4.69, 9.17) is 18.0 Å². The number of hydrogen-bond acceptors (Lipinski definition) is 2. The highest BCUT2D eigenvalue weighted by molar-refractivity contribution is 7.80. The maximum absolute atomic E-state index is 11.9. The SMILES string of the molecule is CC(CC(N)=S)NC(=O)Nc1cccc2ccccc12. The number of carbonyl (C=O) groups is 1. The minimum absolute atomic E-state index is 0.0949. The molecular formula is C15H17N3OS. The molecule has 0 aliphatic heterocycles. The van der Waals surface area contributed by atoms with Crippen LogP contribution in [0.4, 0.5) is 10.5 Å². The summed E-state index contributed by atoms with van der Waals surface area (Å²) < 4.78 is 0. The summed E-state index contributed by atoms with van der Waals surface area (Å²) in [6, 6.07) is 13.3. The van der Waals surface area contributed by atoms with E-state index < -0.39 is 0 Å². The van der Waals surface area contributed by atoms with Gasteiger partial charge in [-0.1, -0.05) is 48.6 Å². The molecular weight excluding hydrogens is 270 g/mol. The summed E-state index contributed by atoms with van der Waals surface area (Å²) in [6.07, 6.45) is 0.484. The lowest BCUT2D eigenvalue weighted by molar-refractivity contribution is 0.249. The lowest BCUT2D eigenvalue weighted by Gasteiger charge is -2.14. The highest BCUT2D eigenvalue weighted by atomic mass is 32.1. The maximum atomic E-state index is 11.9. The average molecular weight is 287 g/mol. The van der Waals surface area contributed by atoms with Crippen LogP contribution in [0.1, 0.15) is 13.3 Å². The Bertz CT molecular complexity index is 637. The number of thiocarbonyl (C=S) groups is 1. The molecule has 0 spiro atoms. The second-order valence-electron chi connectivity index (χ2n) is 4.70. The van der Waals surface area contributed by atoms with Crippen LogP contribution in [0.3, 0.4) is 0 Å². The molecule has 4 nitrogen and oxygen atoms in total. The molecule has 0 saturated heterocycles. The highest BCUT2D eigenvalue weighted by Crippen LogP contribution is 2.22. The fourth-order valence-corrected chi connectivity index (χ4v) is 2.32. The minimum atomic E-state index is -0.259. The van der Waals surface area contributed by atoms with Crippen LogP contribution < -0.4 is 16.4 Å². The first-order valence-corrected chi connectivity index (χ1v) is 6.80. The molecule has 0 radical (unpaired) electrons. The van der Waals surface area contributed by atoms with Crippen molar-refractivity contribution in [3.8, 4) is 0 Å². The molecule has 0 fully saturated rings. The van der Waals surface area contributed by atoms with Crippen LogP contribution in [0.15, 0.2) is 42.5 Å². The van der Waals surface area contributed by atoms with E-state index in [1.165, 1.54) is 0 Å². The van der Waals surface area contributed by atoms with Gasteiger partial charge in [0.25, 0.3) is 0 Å². The Labute approximate surface area is 123 Å². The van der Waals surface area contributed by atoms with Gasteiger partial charge in [-0.05, 0) is 18.4 Å². The smallest absolute Gasteiger partial charge is 0.319 e. The van der Waals surface area contributed by atoms with E-state index >= 15 is 0 Å². The summed E-state index contributed by atoms with van der Waals surface area (Å²) in [5.41, 5.74) is 6.24. The number of nitrogens with two attached hydrogens (primary N) is 1.